The van der Waals surface area contributed by atoms with E-state index < -0.39 is 0 Å². The Balaban J connectivity index is 1.58. The van der Waals surface area contributed by atoms with Crippen LogP contribution in [0.1, 0.15) is 37.0 Å². The van der Waals surface area contributed by atoms with Gasteiger partial charge in [-0.25, -0.2) is 4.79 Å². The Kier molecular flexibility index (Phi) is 7.46. The fourth-order valence-corrected chi connectivity index (χ4v) is 3.67. The molecule has 29 heavy (non-hydrogen) atoms. The molecule has 0 saturated carbocycles. The summed E-state index contributed by atoms with van der Waals surface area (Å²) < 4.78 is 6.08. The number of aryl methyl sites for hydroxylation is 1. The molecule has 1 aromatic carbocycles. The molecule has 2 saturated heterocycles. The van der Waals surface area contributed by atoms with E-state index in [1.165, 1.54) is 16.0 Å². The second kappa shape index (κ2) is 10.2. The van der Waals surface area contributed by atoms with Gasteiger partial charge in [0.1, 0.15) is 0 Å². The Morgan fingerprint density at radius 3 is 2.76 bits per heavy atom. The number of hydrogen-bond acceptors (Lipinski definition) is 4. The molecule has 2 unspecified atom stereocenters. The van der Waals surface area contributed by atoms with Crippen LogP contribution in [0.25, 0.3) is 0 Å². The number of amides is 3. The molecule has 2 atom stereocenters. The maximum atomic E-state index is 11.7. The molecule has 0 aromatic heterocycles. The fraction of sp³-hybridized carbons (Fsp3) is 0.571. The summed E-state index contributed by atoms with van der Waals surface area (Å²) in [6, 6.07) is 8.19. The highest BCUT2D eigenvalue weighted by Gasteiger charge is 2.28. The predicted molar refractivity (Wildman–Crippen MR) is 112 cm³/mol. The zero-order valence-corrected chi connectivity index (χ0v) is 17.2. The maximum absolute atomic E-state index is 11.7. The van der Waals surface area contributed by atoms with Crippen molar-refractivity contribution in [2.45, 2.75) is 32.8 Å². The summed E-state index contributed by atoms with van der Waals surface area (Å²) in [7, 11) is 0. The molecule has 2 fully saturated rings. The second-order valence-electron chi connectivity index (χ2n) is 7.45. The van der Waals surface area contributed by atoms with E-state index in [4.69, 9.17) is 9.73 Å². The highest BCUT2D eigenvalue weighted by atomic mass is 16.5. The van der Waals surface area contributed by atoms with E-state index in [0.717, 1.165) is 26.0 Å². The van der Waals surface area contributed by atoms with E-state index in [2.05, 4.69) is 47.1 Å². The van der Waals surface area contributed by atoms with Gasteiger partial charge in [0.15, 0.2) is 5.96 Å². The van der Waals surface area contributed by atoms with Crippen LogP contribution in [0.4, 0.5) is 4.79 Å². The summed E-state index contributed by atoms with van der Waals surface area (Å²) in [5.41, 5.74) is 2.44. The quantitative estimate of drug-likeness (QED) is 0.366. The lowest BCUT2D eigenvalue weighted by molar-refractivity contribution is -0.124. The molecule has 1 aromatic rings. The number of benzene rings is 1. The summed E-state index contributed by atoms with van der Waals surface area (Å²) in [5.74, 6) is 0.805. The molecule has 158 valence electrons. The number of urea groups is 1. The molecule has 2 aliphatic rings. The van der Waals surface area contributed by atoms with Gasteiger partial charge in [-0.05, 0) is 32.3 Å². The van der Waals surface area contributed by atoms with Crippen LogP contribution in [0.2, 0.25) is 0 Å². The Morgan fingerprint density at radius 2 is 2.07 bits per heavy atom. The molecular formula is C21H31N5O3. The maximum Gasteiger partial charge on any atom is 0.324 e. The van der Waals surface area contributed by atoms with Crippen molar-refractivity contribution < 1.29 is 14.3 Å². The van der Waals surface area contributed by atoms with Gasteiger partial charge in [-0.3, -0.25) is 14.7 Å². The minimum absolute atomic E-state index is 0.0573. The van der Waals surface area contributed by atoms with Crippen molar-refractivity contribution in [1.29, 1.82) is 0 Å². The van der Waals surface area contributed by atoms with Crippen LogP contribution in [0.3, 0.4) is 0 Å². The molecule has 0 aliphatic carbocycles. The molecule has 0 bridgehead atoms. The van der Waals surface area contributed by atoms with E-state index in [-0.39, 0.29) is 24.6 Å². The minimum Gasteiger partial charge on any atom is -0.373 e. The van der Waals surface area contributed by atoms with Crippen molar-refractivity contribution in [2.75, 3.05) is 39.3 Å². The topological polar surface area (TPSA) is 95.1 Å². The van der Waals surface area contributed by atoms with E-state index in [9.17, 15) is 9.59 Å². The SMILES string of the molecule is CCNC(=NCC1CCCOC1c1ccc(C)cc1)NCCN1C(=O)CNC1=O. The van der Waals surface area contributed by atoms with Gasteiger partial charge < -0.3 is 20.7 Å². The highest BCUT2D eigenvalue weighted by Crippen LogP contribution is 2.33. The molecule has 2 heterocycles. The van der Waals surface area contributed by atoms with Gasteiger partial charge in [0.05, 0.1) is 12.6 Å². The summed E-state index contributed by atoms with van der Waals surface area (Å²) in [5, 5.41) is 8.97. The smallest absolute Gasteiger partial charge is 0.324 e. The van der Waals surface area contributed by atoms with Crippen molar-refractivity contribution in [2.24, 2.45) is 10.9 Å². The standard InChI is InChI=1S/C21H31N5O3/c1-3-22-20(23-10-11-26-18(27)14-25-21(26)28)24-13-17-5-4-12-29-19(17)16-8-6-15(2)7-9-16/h6-9,17,19H,3-5,10-14H2,1-2H3,(H,25,28)(H2,22,23,24). The number of carbonyl (C=O) groups is 2. The minimum atomic E-state index is -0.334. The first-order chi connectivity index (χ1) is 14.1. The van der Waals surface area contributed by atoms with Gasteiger partial charge in [-0.2, -0.15) is 0 Å². The van der Waals surface area contributed by atoms with Crippen molar-refractivity contribution in [3.8, 4) is 0 Å². The van der Waals surface area contributed by atoms with Crippen LogP contribution < -0.4 is 16.0 Å². The summed E-state index contributed by atoms with van der Waals surface area (Å²) in [6.07, 6.45) is 2.17. The molecule has 0 radical (unpaired) electrons. The number of aliphatic imine (C=N–C) groups is 1. The van der Waals surface area contributed by atoms with Gasteiger partial charge >= 0.3 is 6.03 Å². The summed E-state index contributed by atoms with van der Waals surface area (Å²) >= 11 is 0. The normalized spacial score (nSPS) is 22.6. The number of ether oxygens (including phenoxy) is 1. The van der Waals surface area contributed by atoms with Gasteiger partial charge in [-0.1, -0.05) is 29.8 Å². The number of rotatable bonds is 7. The van der Waals surface area contributed by atoms with E-state index in [0.29, 0.717) is 31.5 Å². The van der Waals surface area contributed by atoms with Crippen LogP contribution in [-0.4, -0.2) is 62.1 Å². The van der Waals surface area contributed by atoms with Crippen LogP contribution >= 0.6 is 0 Å². The summed E-state index contributed by atoms with van der Waals surface area (Å²) in [6.45, 7) is 7.10. The lowest BCUT2D eigenvalue weighted by Crippen LogP contribution is -2.43. The zero-order valence-electron chi connectivity index (χ0n) is 17.2. The van der Waals surface area contributed by atoms with Gasteiger partial charge in [-0.15, -0.1) is 0 Å². The number of nitrogens with one attached hydrogen (secondary N) is 3. The third-order valence-electron chi connectivity index (χ3n) is 5.24. The van der Waals surface area contributed by atoms with E-state index in [1.54, 1.807) is 0 Å². The third-order valence-corrected chi connectivity index (χ3v) is 5.24. The molecule has 3 rings (SSSR count). The van der Waals surface area contributed by atoms with Crippen LogP contribution in [-0.2, 0) is 9.53 Å². The first-order valence-electron chi connectivity index (χ1n) is 10.4. The Hall–Kier alpha value is -2.61. The number of nitrogens with zero attached hydrogens (tertiary/aromatic N) is 2. The Labute approximate surface area is 172 Å². The molecule has 3 N–H and O–H groups in total. The number of imide groups is 1. The van der Waals surface area contributed by atoms with Crippen LogP contribution in [0, 0.1) is 12.8 Å². The zero-order chi connectivity index (χ0) is 20.6. The fourth-order valence-electron chi connectivity index (χ4n) is 3.67. The largest absolute Gasteiger partial charge is 0.373 e. The van der Waals surface area contributed by atoms with Crippen molar-refractivity contribution >= 4 is 17.9 Å². The molecule has 0 spiro atoms. The molecule has 8 heteroatoms. The lowest BCUT2D eigenvalue weighted by atomic mass is 9.89. The van der Waals surface area contributed by atoms with Crippen molar-refractivity contribution in [3.63, 3.8) is 0 Å². The number of guanidine groups is 1. The van der Waals surface area contributed by atoms with E-state index in [1.807, 2.05) is 6.92 Å². The van der Waals surface area contributed by atoms with Crippen LogP contribution in [0.5, 0.6) is 0 Å². The van der Waals surface area contributed by atoms with Gasteiger partial charge in [0.25, 0.3) is 0 Å². The van der Waals surface area contributed by atoms with Crippen LogP contribution in [0.15, 0.2) is 29.3 Å². The second-order valence-corrected chi connectivity index (χ2v) is 7.45. The average Bonchev–Trinajstić information content (AvgIpc) is 3.05. The monoisotopic (exact) mass is 401 g/mol. The van der Waals surface area contributed by atoms with Gasteiger partial charge in [0, 0.05) is 38.7 Å². The molecule has 2 aliphatic heterocycles. The highest BCUT2D eigenvalue weighted by molar-refractivity contribution is 6.01. The first-order valence-corrected chi connectivity index (χ1v) is 10.4. The molecule has 8 nitrogen and oxygen atoms in total. The van der Waals surface area contributed by atoms with Gasteiger partial charge in [0.2, 0.25) is 5.91 Å². The molecule has 3 amide bonds. The van der Waals surface area contributed by atoms with Crippen molar-refractivity contribution in [1.82, 2.24) is 20.9 Å². The summed E-state index contributed by atoms with van der Waals surface area (Å²) in [4.78, 5) is 29.2. The average molecular weight is 402 g/mol. The number of carbonyl (C=O) groups excluding carboxylic acids is 2. The Morgan fingerprint density at radius 1 is 1.28 bits per heavy atom. The predicted octanol–water partition coefficient (Wildman–Crippen LogP) is 1.57. The third kappa shape index (κ3) is 5.69. The van der Waals surface area contributed by atoms with Crippen molar-refractivity contribution in [3.05, 3.63) is 35.4 Å². The van der Waals surface area contributed by atoms with E-state index >= 15 is 0 Å². The molecular weight excluding hydrogens is 370 g/mol. The Bertz CT molecular complexity index is 718. The number of hydrogen-bond donors (Lipinski definition) is 3. The first kappa shape index (κ1) is 21.1. The lowest BCUT2D eigenvalue weighted by Gasteiger charge is -2.31.